The van der Waals surface area contributed by atoms with Gasteiger partial charge in [-0.2, -0.15) is 5.10 Å². The average Bonchev–Trinajstić information content (AvgIpc) is 2.82. The molecule has 88 valence electrons. The van der Waals surface area contributed by atoms with Crippen LogP contribution in [0.15, 0.2) is 48.5 Å². The highest BCUT2D eigenvalue weighted by atomic mass is 16.4. The molecule has 0 saturated carbocycles. The number of carboxylic acids is 1. The normalized spacial score (nSPS) is 10.7. The Bertz CT molecular complexity index is 717. The molecule has 1 aromatic heterocycles. The smallest absolute Gasteiger partial charge is 0.335 e. The van der Waals surface area contributed by atoms with E-state index in [1.54, 1.807) is 18.2 Å². The van der Waals surface area contributed by atoms with E-state index in [2.05, 4.69) is 10.2 Å². The molecule has 0 aliphatic heterocycles. The van der Waals surface area contributed by atoms with Crippen molar-refractivity contribution in [3.63, 3.8) is 0 Å². The maximum atomic E-state index is 10.9. The summed E-state index contributed by atoms with van der Waals surface area (Å²) in [5.74, 6) is -0.937. The van der Waals surface area contributed by atoms with Crippen LogP contribution < -0.4 is 0 Å². The van der Waals surface area contributed by atoms with Crippen molar-refractivity contribution >= 4 is 16.9 Å². The third kappa shape index (κ3) is 1.64. The molecule has 2 N–H and O–H groups in total. The number of hydrogen-bond donors (Lipinski definition) is 2. The Morgan fingerprint density at radius 2 is 1.89 bits per heavy atom. The van der Waals surface area contributed by atoms with Crippen LogP contribution in [0.2, 0.25) is 0 Å². The molecule has 3 rings (SSSR count). The molecule has 0 spiro atoms. The van der Waals surface area contributed by atoms with E-state index in [9.17, 15) is 4.79 Å². The van der Waals surface area contributed by atoms with Crippen LogP contribution in [-0.4, -0.2) is 21.3 Å². The van der Waals surface area contributed by atoms with Gasteiger partial charge in [0.1, 0.15) is 0 Å². The SMILES string of the molecule is O=C(O)c1ccc2c(-c3ccccc3)n[nH]c2c1. The molecule has 0 bridgehead atoms. The Labute approximate surface area is 103 Å². The van der Waals surface area contributed by atoms with Crippen molar-refractivity contribution < 1.29 is 9.90 Å². The van der Waals surface area contributed by atoms with Crippen LogP contribution in [0.1, 0.15) is 10.4 Å². The summed E-state index contributed by atoms with van der Waals surface area (Å²) in [6, 6.07) is 14.7. The Morgan fingerprint density at radius 1 is 1.11 bits per heavy atom. The van der Waals surface area contributed by atoms with E-state index >= 15 is 0 Å². The molecule has 0 amide bonds. The van der Waals surface area contributed by atoms with Gasteiger partial charge in [0.05, 0.1) is 16.8 Å². The van der Waals surface area contributed by atoms with Gasteiger partial charge in [0.2, 0.25) is 0 Å². The number of carbonyl (C=O) groups is 1. The summed E-state index contributed by atoms with van der Waals surface area (Å²) in [4.78, 5) is 10.9. The van der Waals surface area contributed by atoms with Gasteiger partial charge >= 0.3 is 5.97 Å². The van der Waals surface area contributed by atoms with Crippen LogP contribution in [0.5, 0.6) is 0 Å². The number of H-pyrrole nitrogens is 1. The Hall–Kier alpha value is -2.62. The lowest BCUT2D eigenvalue weighted by atomic mass is 10.1. The van der Waals surface area contributed by atoms with Gasteiger partial charge < -0.3 is 5.11 Å². The van der Waals surface area contributed by atoms with E-state index in [1.807, 2.05) is 30.3 Å². The maximum absolute atomic E-state index is 10.9. The van der Waals surface area contributed by atoms with Gasteiger partial charge in [0.15, 0.2) is 0 Å². The van der Waals surface area contributed by atoms with Crippen molar-refractivity contribution in [1.29, 1.82) is 0 Å². The zero-order chi connectivity index (χ0) is 12.5. The van der Waals surface area contributed by atoms with Crippen LogP contribution in [-0.2, 0) is 0 Å². The number of nitrogens with zero attached hydrogens (tertiary/aromatic N) is 1. The fraction of sp³-hybridized carbons (Fsp3) is 0. The first-order chi connectivity index (χ1) is 8.75. The van der Waals surface area contributed by atoms with E-state index in [0.717, 1.165) is 22.2 Å². The van der Waals surface area contributed by atoms with Crippen molar-refractivity contribution in [3.8, 4) is 11.3 Å². The fourth-order valence-corrected chi connectivity index (χ4v) is 1.97. The number of benzene rings is 2. The number of aromatic nitrogens is 2. The summed E-state index contributed by atoms with van der Waals surface area (Å²) in [5.41, 5.74) is 2.83. The molecule has 4 heteroatoms. The largest absolute Gasteiger partial charge is 0.478 e. The van der Waals surface area contributed by atoms with Crippen LogP contribution in [0.4, 0.5) is 0 Å². The Morgan fingerprint density at radius 3 is 2.61 bits per heavy atom. The molecule has 0 radical (unpaired) electrons. The van der Waals surface area contributed by atoms with E-state index in [0.29, 0.717) is 0 Å². The summed E-state index contributed by atoms with van der Waals surface area (Å²) in [7, 11) is 0. The number of hydrogen-bond acceptors (Lipinski definition) is 2. The lowest BCUT2D eigenvalue weighted by molar-refractivity contribution is 0.0697. The minimum Gasteiger partial charge on any atom is -0.478 e. The van der Waals surface area contributed by atoms with Crippen molar-refractivity contribution in [2.75, 3.05) is 0 Å². The van der Waals surface area contributed by atoms with E-state index in [-0.39, 0.29) is 5.56 Å². The second-order valence-corrected chi connectivity index (χ2v) is 4.00. The number of carboxylic acid groups (broad SMARTS) is 1. The molecule has 0 unspecified atom stereocenters. The lowest BCUT2D eigenvalue weighted by Crippen LogP contribution is -1.94. The van der Waals surface area contributed by atoms with Crippen molar-refractivity contribution in [2.24, 2.45) is 0 Å². The monoisotopic (exact) mass is 238 g/mol. The first kappa shape index (κ1) is 10.5. The predicted molar refractivity (Wildman–Crippen MR) is 68.5 cm³/mol. The summed E-state index contributed by atoms with van der Waals surface area (Å²) in [6.07, 6.45) is 0. The zero-order valence-corrected chi connectivity index (χ0v) is 9.42. The first-order valence-electron chi connectivity index (χ1n) is 5.52. The summed E-state index contributed by atoms with van der Waals surface area (Å²) < 4.78 is 0. The van der Waals surface area contributed by atoms with Crippen molar-refractivity contribution in [3.05, 3.63) is 54.1 Å². The number of aromatic amines is 1. The summed E-state index contributed by atoms with van der Waals surface area (Å²) >= 11 is 0. The second kappa shape index (κ2) is 4.00. The molecular formula is C14H10N2O2. The Balaban J connectivity index is 2.19. The van der Waals surface area contributed by atoms with Crippen LogP contribution >= 0.6 is 0 Å². The van der Waals surface area contributed by atoms with Crippen LogP contribution in [0.3, 0.4) is 0 Å². The van der Waals surface area contributed by atoms with Gasteiger partial charge in [-0.1, -0.05) is 30.3 Å². The van der Waals surface area contributed by atoms with Gasteiger partial charge in [-0.15, -0.1) is 0 Å². The standard InChI is InChI=1S/C14H10N2O2/c17-14(18)10-6-7-11-12(8-10)15-16-13(11)9-4-2-1-3-5-9/h1-8H,(H,15,16)(H,17,18). The third-order valence-corrected chi connectivity index (χ3v) is 2.86. The molecule has 18 heavy (non-hydrogen) atoms. The molecule has 2 aromatic carbocycles. The molecule has 0 saturated heterocycles. The van der Waals surface area contributed by atoms with Gasteiger partial charge in [0, 0.05) is 10.9 Å². The van der Waals surface area contributed by atoms with Crippen molar-refractivity contribution in [2.45, 2.75) is 0 Å². The first-order valence-corrected chi connectivity index (χ1v) is 5.52. The molecule has 3 aromatic rings. The van der Waals surface area contributed by atoms with E-state index in [4.69, 9.17) is 5.11 Å². The topological polar surface area (TPSA) is 66.0 Å². The van der Waals surface area contributed by atoms with Crippen LogP contribution in [0.25, 0.3) is 22.2 Å². The van der Waals surface area contributed by atoms with Crippen LogP contribution in [0, 0.1) is 0 Å². The minimum absolute atomic E-state index is 0.255. The highest BCUT2D eigenvalue weighted by Gasteiger charge is 2.10. The van der Waals surface area contributed by atoms with Gasteiger partial charge in [0.25, 0.3) is 0 Å². The number of fused-ring (bicyclic) bond motifs is 1. The summed E-state index contributed by atoms with van der Waals surface area (Å²) in [6.45, 7) is 0. The highest BCUT2D eigenvalue weighted by Crippen LogP contribution is 2.26. The van der Waals surface area contributed by atoms with Gasteiger partial charge in [-0.05, 0) is 18.2 Å². The van der Waals surface area contributed by atoms with Gasteiger partial charge in [-0.25, -0.2) is 4.79 Å². The molecule has 0 aliphatic carbocycles. The molecule has 0 atom stereocenters. The predicted octanol–water partition coefficient (Wildman–Crippen LogP) is 2.93. The average molecular weight is 238 g/mol. The van der Waals surface area contributed by atoms with E-state index < -0.39 is 5.97 Å². The van der Waals surface area contributed by atoms with Crippen molar-refractivity contribution in [1.82, 2.24) is 10.2 Å². The summed E-state index contributed by atoms with van der Waals surface area (Å²) in [5, 5.41) is 17.0. The quantitative estimate of drug-likeness (QED) is 0.721. The highest BCUT2D eigenvalue weighted by molar-refractivity contribution is 5.98. The number of rotatable bonds is 2. The van der Waals surface area contributed by atoms with E-state index in [1.165, 1.54) is 0 Å². The number of nitrogens with one attached hydrogen (secondary N) is 1. The molecule has 0 fully saturated rings. The number of aromatic carboxylic acids is 1. The molecule has 0 aliphatic rings. The van der Waals surface area contributed by atoms with Gasteiger partial charge in [-0.3, -0.25) is 5.10 Å². The molecular weight excluding hydrogens is 228 g/mol. The Kier molecular flexibility index (Phi) is 2.34. The minimum atomic E-state index is -0.937. The second-order valence-electron chi connectivity index (χ2n) is 4.00. The maximum Gasteiger partial charge on any atom is 0.335 e. The lowest BCUT2D eigenvalue weighted by Gasteiger charge is -1.98. The molecule has 4 nitrogen and oxygen atoms in total. The fourth-order valence-electron chi connectivity index (χ4n) is 1.97. The third-order valence-electron chi connectivity index (χ3n) is 2.86. The molecule has 1 heterocycles. The zero-order valence-electron chi connectivity index (χ0n) is 9.42.